The lowest BCUT2D eigenvalue weighted by atomic mass is 10.1. The molecule has 0 aromatic heterocycles. The third-order valence-corrected chi connectivity index (χ3v) is 3.80. The van der Waals surface area contributed by atoms with Gasteiger partial charge in [-0.1, -0.05) is 25.1 Å². The second kappa shape index (κ2) is 8.87. The van der Waals surface area contributed by atoms with Gasteiger partial charge in [0.05, 0.1) is 12.2 Å². The Morgan fingerprint density at radius 3 is 2.52 bits per heavy atom. The number of amides is 2. The van der Waals surface area contributed by atoms with E-state index < -0.39 is 0 Å². The van der Waals surface area contributed by atoms with Crippen LogP contribution in [0, 0.1) is 0 Å². The minimum Gasteiger partial charge on any atom is -0.493 e. The molecule has 0 saturated carbocycles. The van der Waals surface area contributed by atoms with Gasteiger partial charge in [-0.15, -0.1) is 0 Å². The Hall–Kier alpha value is -2.82. The lowest BCUT2D eigenvalue weighted by Gasteiger charge is -2.13. The summed E-state index contributed by atoms with van der Waals surface area (Å²) in [6.07, 6.45) is 0.858. The first-order chi connectivity index (χ1) is 12.0. The molecule has 132 valence electrons. The summed E-state index contributed by atoms with van der Waals surface area (Å²) in [5, 5.41) is 5.73. The van der Waals surface area contributed by atoms with Gasteiger partial charge in [0.1, 0.15) is 5.75 Å². The molecule has 25 heavy (non-hydrogen) atoms. The summed E-state index contributed by atoms with van der Waals surface area (Å²) in [7, 11) is 0. The maximum absolute atomic E-state index is 12.5. The Labute approximate surface area is 148 Å². The van der Waals surface area contributed by atoms with Crippen molar-refractivity contribution in [1.82, 2.24) is 5.32 Å². The smallest absolute Gasteiger partial charge is 0.259 e. The second-order valence-corrected chi connectivity index (χ2v) is 5.75. The van der Waals surface area contributed by atoms with Crippen LogP contribution in [0.5, 0.6) is 5.75 Å². The lowest BCUT2D eigenvalue weighted by molar-refractivity contribution is 0.0938. The lowest BCUT2D eigenvalue weighted by Crippen LogP contribution is -2.31. The number of nitrogens with one attached hydrogen (secondary N) is 2. The molecule has 2 aromatic rings. The van der Waals surface area contributed by atoms with Gasteiger partial charge in [-0.2, -0.15) is 0 Å². The molecule has 0 aliphatic heterocycles. The molecule has 1 atom stereocenters. The van der Waals surface area contributed by atoms with Crippen LogP contribution in [0.3, 0.4) is 0 Å². The van der Waals surface area contributed by atoms with Crippen LogP contribution in [0.1, 0.15) is 47.9 Å². The molecule has 2 amide bonds. The fourth-order valence-corrected chi connectivity index (χ4v) is 2.28. The van der Waals surface area contributed by atoms with Crippen molar-refractivity contribution in [3.8, 4) is 5.75 Å². The zero-order valence-corrected chi connectivity index (χ0v) is 14.8. The Bertz CT molecular complexity index is 743. The molecule has 0 heterocycles. The molecule has 0 bridgehead atoms. The average molecular weight is 340 g/mol. The second-order valence-electron chi connectivity index (χ2n) is 5.75. The Balaban J connectivity index is 2.14. The summed E-state index contributed by atoms with van der Waals surface area (Å²) in [5.74, 6) is 0.108. The van der Waals surface area contributed by atoms with Crippen LogP contribution >= 0.6 is 0 Å². The molecule has 0 fully saturated rings. The molecule has 2 rings (SSSR count). The Kier molecular flexibility index (Phi) is 6.57. The largest absolute Gasteiger partial charge is 0.493 e. The zero-order chi connectivity index (χ0) is 18.2. The first-order valence-electron chi connectivity index (χ1n) is 8.49. The van der Waals surface area contributed by atoms with E-state index in [1.54, 1.807) is 42.5 Å². The highest BCUT2D eigenvalue weighted by Crippen LogP contribution is 2.20. The number of para-hydroxylation sites is 1. The number of hydrogen-bond acceptors (Lipinski definition) is 3. The van der Waals surface area contributed by atoms with E-state index in [1.165, 1.54) is 0 Å². The van der Waals surface area contributed by atoms with Crippen molar-refractivity contribution >= 4 is 17.5 Å². The predicted molar refractivity (Wildman–Crippen MR) is 99.2 cm³/mol. The normalized spacial score (nSPS) is 11.5. The fourth-order valence-electron chi connectivity index (χ4n) is 2.28. The van der Waals surface area contributed by atoms with Crippen LogP contribution in [0.2, 0.25) is 0 Å². The SMILES string of the molecule is CCOc1ccccc1C(=O)Nc1cccc(C(=O)N[C@@H](C)CC)c1. The van der Waals surface area contributed by atoms with Gasteiger partial charge in [-0.05, 0) is 50.6 Å². The number of ether oxygens (including phenoxy) is 1. The summed E-state index contributed by atoms with van der Waals surface area (Å²) < 4.78 is 5.49. The van der Waals surface area contributed by atoms with Crippen LogP contribution in [-0.2, 0) is 0 Å². The molecule has 2 N–H and O–H groups in total. The van der Waals surface area contributed by atoms with Crippen LogP contribution < -0.4 is 15.4 Å². The summed E-state index contributed by atoms with van der Waals surface area (Å²) in [4.78, 5) is 24.7. The van der Waals surface area contributed by atoms with Gasteiger partial charge in [0, 0.05) is 17.3 Å². The van der Waals surface area contributed by atoms with Crippen molar-refractivity contribution in [2.24, 2.45) is 0 Å². The van der Waals surface area contributed by atoms with Gasteiger partial charge in [-0.25, -0.2) is 0 Å². The van der Waals surface area contributed by atoms with Crippen LogP contribution in [-0.4, -0.2) is 24.5 Å². The highest BCUT2D eigenvalue weighted by atomic mass is 16.5. The van der Waals surface area contributed by atoms with Crippen molar-refractivity contribution in [3.63, 3.8) is 0 Å². The van der Waals surface area contributed by atoms with Crippen molar-refractivity contribution < 1.29 is 14.3 Å². The topological polar surface area (TPSA) is 67.4 Å². The maximum atomic E-state index is 12.5. The molecule has 0 unspecified atom stereocenters. The summed E-state index contributed by atoms with van der Waals surface area (Å²) >= 11 is 0. The predicted octanol–water partition coefficient (Wildman–Crippen LogP) is 3.87. The molecule has 0 aliphatic carbocycles. The third-order valence-electron chi connectivity index (χ3n) is 3.80. The Morgan fingerprint density at radius 1 is 1.04 bits per heavy atom. The molecule has 5 heteroatoms. The summed E-state index contributed by atoms with van der Waals surface area (Å²) in [5.41, 5.74) is 1.53. The molecule has 2 aromatic carbocycles. The highest BCUT2D eigenvalue weighted by molar-refractivity contribution is 6.06. The maximum Gasteiger partial charge on any atom is 0.259 e. The number of benzene rings is 2. The molecular formula is C20H24N2O3. The average Bonchev–Trinajstić information content (AvgIpc) is 2.62. The highest BCUT2D eigenvalue weighted by Gasteiger charge is 2.14. The first-order valence-corrected chi connectivity index (χ1v) is 8.49. The minimum atomic E-state index is -0.275. The molecule has 0 saturated heterocycles. The van der Waals surface area contributed by atoms with E-state index in [4.69, 9.17) is 4.74 Å². The molecule has 0 radical (unpaired) electrons. The minimum absolute atomic E-state index is 0.101. The van der Waals surface area contributed by atoms with Gasteiger partial charge in [-0.3, -0.25) is 9.59 Å². The molecule has 5 nitrogen and oxygen atoms in total. The Morgan fingerprint density at radius 2 is 1.80 bits per heavy atom. The van der Waals surface area contributed by atoms with E-state index in [1.807, 2.05) is 26.8 Å². The van der Waals surface area contributed by atoms with E-state index in [-0.39, 0.29) is 17.9 Å². The number of hydrogen-bond donors (Lipinski definition) is 2. The van der Waals surface area contributed by atoms with Gasteiger partial charge in [0.15, 0.2) is 0 Å². The van der Waals surface area contributed by atoms with Gasteiger partial charge in [0.2, 0.25) is 0 Å². The van der Waals surface area contributed by atoms with Crippen molar-refractivity contribution in [2.45, 2.75) is 33.2 Å². The third kappa shape index (κ3) is 5.08. The fraction of sp³-hybridized carbons (Fsp3) is 0.300. The standard InChI is InChI=1S/C20H24N2O3/c1-4-14(3)21-19(23)15-9-8-10-16(13-15)22-20(24)17-11-6-7-12-18(17)25-5-2/h6-14H,4-5H2,1-3H3,(H,21,23)(H,22,24)/t14-/m0/s1. The van der Waals surface area contributed by atoms with Crippen molar-refractivity contribution in [2.75, 3.05) is 11.9 Å². The van der Waals surface area contributed by atoms with E-state index in [9.17, 15) is 9.59 Å². The van der Waals surface area contributed by atoms with Crippen LogP contribution in [0.15, 0.2) is 48.5 Å². The first kappa shape index (κ1) is 18.5. The zero-order valence-electron chi connectivity index (χ0n) is 14.8. The van der Waals surface area contributed by atoms with Gasteiger partial charge >= 0.3 is 0 Å². The van der Waals surface area contributed by atoms with E-state index in [0.29, 0.717) is 29.2 Å². The number of carbonyl (C=O) groups is 2. The number of anilines is 1. The van der Waals surface area contributed by atoms with Crippen molar-refractivity contribution in [1.29, 1.82) is 0 Å². The summed E-state index contributed by atoms with van der Waals surface area (Å²) in [6.45, 7) is 6.31. The van der Waals surface area contributed by atoms with Crippen LogP contribution in [0.25, 0.3) is 0 Å². The number of carbonyl (C=O) groups excluding carboxylic acids is 2. The van der Waals surface area contributed by atoms with Gasteiger partial charge < -0.3 is 15.4 Å². The van der Waals surface area contributed by atoms with E-state index in [0.717, 1.165) is 6.42 Å². The quantitative estimate of drug-likeness (QED) is 0.804. The molecule has 0 spiro atoms. The van der Waals surface area contributed by atoms with Crippen LogP contribution in [0.4, 0.5) is 5.69 Å². The number of rotatable bonds is 7. The van der Waals surface area contributed by atoms with Crippen molar-refractivity contribution in [3.05, 3.63) is 59.7 Å². The monoisotopic (exact) mass is 340 g/mol. The summed E-state index contributed by atoms with van der Waals surface area (Å²) in [6, 6.07) is 14.1. The molecule has 0 aliphatic rings. The van der Waals surface area contributed by atoms with E-state index >= 15 is 0 Å². The van der Waals surface area contributed by atoms with Gasteiger partial charge in [0.25, 0.3) is 11.8 Å². The molecular weight excluding hydrogens is 316 g/mol. The van der Waals surface area contributed by atoms with E-state index in [2.05, 4.69) is 10.6 Å².